The molecule has 3 rings (SSSR count). The average molecular weight is 310 g/mol. The molecular formula is C18H22N4O. The van der Waals surface area contributed by atoms with Crippen LogP contribution in [0.2, 0.25) is 0 Å². The summed E-state index contributed by atoms with van der Waals surface area (Å²) in [6, 6.07) is 11.9. The summed E-state index contributed by atoms with van der Waals surface area (Å²) in [4.78, 5) is 12.3. The van der Waals surface area contributed by atoms with Crippen molar-refractivity contribution in [2.75, 3.05) is 0 Å². The molecule has 5 nitrogen and oxygen atoms in total. The van der Waals surface area contributed by atoms with Crippen LogP contribution in [0.3, 0.4) is 0 Å². The van der Waals surface area contributed by atoms with Gasteiger partial charge in [0.2, 0.25) is 0 Å². The molecule has 120 valence electrons. The Morgan fingerprint density at radius 1 is 1.04 bits per heavy atom. The molecule has 0 unspecified atom stereocenters. The lowest BCUT2D eigenvalue weighted by atomic mass is 10.1. The van der Waals surface area contributed by atoms with Gasteiger partial charge in [-0.3, -0.25) is 4.79 Å². The molecule has 0 amide bonds. The highest BCUT2D eigenvalue weighted by Crippen LogP contribution is 2.20. The molecule has 0 saturated heterocycles. The predicted molar refractivity (Wildman–Crippen MR) is 92.9 cm³/mol. The van der Waals surface area contributed by atoms with Gasteiger partial charge < -0.3 is 0 Å². The minimum Gasteiger partial charge on any atom is -0.265 e. The molecular weight excluding hydrogens is 288 g/mol. The highest BCUT2D eigenvalue weighted by Gasteiger charge is 2.14. The molecule has 0 fully saturated rings. The fourth-order valence-corrected chi connectivity index (χ4v) is 2.32. The van der Waals surface area contributed by atoms with E-state index < -0.39 is 0 Å². The van der Waals surface area contributed by atoms with Crippen LogP contribution in [-0.4, -0.2) is 19.6 Å². The van der Waals surface area contributed by atoms with Crippen molar-refractivity contribution in [3.05, 3.63) is 64.2 Å². The summed E-state index contributed by atoms with van der Waals surface area (Å²) < 4.78 is 3.02. The Bertz CT molecular complexity index is 847. The Hall–Kier alpha value is -2.69. The van der Waals surface area contributed by atoms with Crippen LogP contribution in [0.4, 0.5) is 0 Å². The van der Waals surface area contributed by atoms with Crippen LogP contribution in [0.25, 0.3) is 16.9 Å². The third-order valence-corrected chi connectivity index (χ3v) is 3.46. The van der Waals surface area contributed by atoms with Gasteiger partial charge in [-0.1, -0.05) is 44.2 Å². The zero-order valence-corrected chi connectivity index (χ0v) is 14.2. The Kier molecular flexibility index (Phi) is 5.11. The van der Waals surface area contributed by atoms with E-state index in [9.17, 15) is 4.79 Å². The molecule has 3 aromatic rings. The molecule has 0 saturated carbocycles. The van der Waals surface area contributed by atoms with Gasteiger partial charge in [-0.25, -0.2) is 9.36 Å². The molecule has 1 aromatic carbocycles. The van der Waals surface area contributed by atoms with Crippen molar-refractivity contribution in [3.8, 4) is 16.9 Å². The lowest BCUT2D eigenvalue weighted by Gasteiger charge is -2.08. The van der Waals surface area contributed by atoms with Crippen molar-refractivity contribution < 1.29 is 0 Å². The van der Waals surface area contributed by atoms with Crippen LogP contribution < -0.4 is 5.56 Å². The average Bonchev–Trinajstić information content (AvgIpc) is 2.96. The quantitative estimate of drug-likeness (QED) is 0.730. The van der Waals surface area contributed by atoms with E-state index in [1.165, 1.54) is 4.68 Å². The van der Waals surface area contributed by atoms with Crippen LogP contribution in [-0.2, 0) is 7.05 Å². The van der Waals surface area contributed by atoms with Crippen LogP contribution in [0, 0.1) is 13.8 Å². The normalized spacial score (nSPS) is 10.1. The standard InChI is InChI=1S/C16H16N4O.C2H6/c1-11-10-17-19(3)16(21)15(11)20-12(2)9-14(18-20)13-7-5-4-6-8-13;1-2/h4-10H,1-3H3;1-2H3. The fraction of sp³-hybridized carbons (Fsp3) is 0.278. The number of hydrogen-bond acceptors (Lipinski definition) is 3. The van der Waals surface area contributed by atoms with Gasteiger partial charge >= 0.3 is 0 Å². The van der Waals surface area contributed by atoms with Crippen LogP contribution in [0.15, 0.2) is 47.4 Å². The van der Waals surface area contributed by atoms with Crippen LogP contribution in [0.5, 0.6) is 0 Å². The van der Waals surface area contributed by atoms with Crippen molar-refractivity contribution in [3.63, 3.8) is 0 Å². The van der Waals surface area contributed by atoms with Crippen molar-refractivity contribution in [1.82, 2.24) is 19.6 Å². The van der Waals surface area contributed by atoms with E-state index in [2.05, 4.69) is 10.2 Å². The fourth-order valence-electron chi connectivity index (χ4n) is 2.32. The van der Waals surface area contributed by atoms with E-state index in [0.717, 1.165) is 22.5 Å². The summed E-state index contributed by atoms with van der Waals surface area (Å²) in [5.41, 5.74) is 4.01. The molecule has 0 aliphatic heterocycles. The van der Waals surface area contributed by atoms with E-state index in [4.69, 9.17) is 0 Å². The summed E-state index contributed by atoms with van der Waals surface area (Å²) >= 11 is 0. The van der Waals surface area contributed by atoms with Crippen molar-refractivity contribution in [1.29, 1.82) is 0 Å². The van der Waals surface area contributed by atoms with Gasteiger partial charge in [0.05, 0.1) is 11.9 Å². The smallest absolute Gasteiger partial charge is 0.265 e. The Morgan fingerprint density at radius 3 is 2.35 bits per heavy atom. The summed E-state index contributed by atoms with van der Waals surface area (Å²) in [5.74, 6) is 0. The monoisotopic (exact) mass is 310 g/mol. The number of hydrogen-bond donors (Lipinski definition) is 0. The van der Waals surface area contributed by atoms with Gasteiger partial charge in [0.1, 0.15) is 5.69 Å². The van der Waals surface area contributed by atoms with Crippen molar-refractivity contribution in [2.24, 2.45) is 7.05 Å². The number of benzene rings is 1. The lowest BCUT2D eigenvalue weighted by Crippen LogP contribution is -2.26. The molecule has 0 radical (unpaired) electrons. The number of aryl methyl sites for hydroxylation is 3. The highest BCUT2D eigenvalue weighted by molar-refractivity contribution is 5.60. The third kappa shape index (κ3) is 3.23. The van der Waals surface area contributed by atoms with Gasteiger partial charge in [0.15, 0.2) is 0 Å². The molecule has 2 aromatic heterocycles. The van der Waals surface area contributed by atoms with Gasteiger partial charge in [-0.15, -0.1) is 0 Å². The molecule has 2 heterocycles. The molecule has 0 N–H and O–H groups in total. The maximum absolute atomic E-state index is 12.3. The van der Waals surface area contributed by atoms with Gasteiger partial charge in [0.25, 0.3) is 5.56 Å². The number of nitrogens with zero attached hydrogens (tertiary/aromatic N) is 4. The maximum atomic E-state index is 12.3. The summed E-state index contributed by atoms with van der Waals surface area (Å²) in [5, 5.41) is 8.61. The van der Waals surface area contributed by atoms with Crippen molar-refractivity contribution >= 4 is 0 Å². The second-order valence-corrected chi connectivity index (χ2v) is 5.05. The first-order valence-corrected chi connectivity index (χ1v) is 7.73. The van der Waals surface area contributed by atoms with E-state index in [1.807, 2.05) is 64.1 Å². The zero-order chi connectivity index (χ0) is 17.0. The molecule has 0 spiro atoms. The summed E-state index contributed by atoms with van der Waals surface area (Å²) in [7, 11) is 1.64. The first-order valence-electron chi connectivity index (χ1n) is 7.73. The van der Waals surface area contributed by atoms with Gasteiger partial charge in [0, 0.05) is 23.9 Å². The lowest BCUT2D eigenvalue weighted by molar-refractivity contribution is 0.680. The zero-order valence-electron chi connectivity index (χ0n) is 14.2. The first kappa shape index (κ1) is 16.7. The van der Waals surface area contributed by atoms with Gasteiger partial charge in [-0.2, -0.15) is 10.2 Å². The largest absolute Gasteiger partial charge is 0.292 e. The van der Waals surface area contributed by atoms with Gasteiger partial charge in [-0.05, 0) is 19.9 Å². The predicted octanol–water partition coefficient (Wildman–Crippen LogP) is 3.28. The Labute approximate surface area is 136 Å². The topological polar surface area (TPSA) is 52.7 Å². The minimum atomic E-state index is -0.152. The molecule has 0 aliphatic carbocycles. The van der Waals surface area contributed by atoms with E-state index in [0.29, 0.717) is 5.69 Å². The molecule has 0 bridgehead atoms. The summed E-state index contributed by atoms with van der Waals surface area (Å²) in [6.07, 6.45) is 1.68. The molecule has 0 atom stereocenters. The van der Waals surface area contributed by atoms with Crippen LogP contribution >= 0.6 is 0 Å². The maximum Gasteiger partial charge on any atom is 0.292 e. The van der Waals surface area contributed by atoms with Crippen molar-refractivity contribution in [2.45, 2.75) is 27.7 Å². The summed E-state index contributed by atoms with van der Waals surface area (Å²) in [6.45, 7) is 7.81. The molecule has 23 heavy (non-hydrogen) atoms. The number of aromatic nitrogens is 4. The Morgan fingerprint density at radius 2 is 1.70 bits per heavy atom. The van der Waals surface area contributed by atoms with E-state index in [-0.39, 0.29) is 5.56 Å². The highest BCUT2D eigenvalue weighted by atomic mass is 16.1. The van der Waals surface area contributed by atoms with Crippen LogP contribution in [0.1, 0.15) is 25.1 Å². The first-order chi connectivity index (χ1) is 11.1. The van der Waals surface area contributed by atoms with E-state index >= 15 is 0 Å². The Balaban J connectivity index is 0.000000924. The third-order valence-electron chi connectivity index (χ3n) is 3.46. The molecule has 0 aliphatic rings. The second-order valence-electron chi connectivity index (χ2n) is 5.05. The second kappa shape index (κ2) is 7.05. The SMILES string of the molecule is CC.Cc1cnn(C)c(=O)c1-n1nc(-c2ccccc2)cc1C. The minimum absolute atomic E-state index is 0.152. The van der Waals surface area contributed by atoms with E-state index in [1.54, 1.807) is 17.9 Å². The number of rotatable bonds is 2. The molecule has 5 heteroatoms.